The van der Waals surface area contributed by atoms with E-state index in [0.29, 0.717) is 5.69 Å². The topological polar surface area (TPSA) is 29.1 Å². The molecule has 4 heteroatoms. The second-order valence-corrected chi connectivity index (χ2v) is 4.32. The molecule has 0 spiro atoms. The van der Waals surface area contributed by atoms with Crippen molar-refractivity contribution < 1.29 is 9.18 Å². The fraction of sp³-hybridized carbons (Fsp3) is 0. The van der Waals surface area contributed by atoms with E-state index in [0.717, 1.165) is 4.88 Å². The molecule has 0 unspecified atom stereocenters. The molecule has 0 aliphatic rings. The highest BCUT2D eigenvalue weighted by Crippen LogP contribution is 2.11. The van der Waals surface area contributed by atoms with Crippen LogP contribution in [0, 0.1) is 5.82 Å². The Morgan fingerprint density at radius 1 is 1.24 bits per heavy atom. The number of nitrogens with one attached hydrogen (secondary N) is 1. The smallest absolute Gasteiger partial charge is 0.248 e. The summed E-state index contributed by atoms with van der Waals surface area (Å²) in [6.45, 7) is 0. The third-order valence-electron chi connectivity index (χ3n) is 2.05. The molecule has 1 aromatic carbocycles. The highest BCUT2D eigenvalue weighted by atomic mass is 32.1. The van der Waals surface area contributed by atoms with Crippen molar-refractivity contribution in [3.05, 3.63) is 58.5 Å². The lowest BCUT2D eigenvalue weighted by Gasteiger charge is -2.00. The number of rotatable bonds is 3. The largest absolute Gasteiger partial charge is 0.323 e. The van der Waals surface area contributed by atoms with Crippen molar-refractivity contribution in [2.45, 2.75) is 0 Å². The molecule has 2 nitrogen and oxygen atoms in total. The van der Waals surface area contributed by atoms with Crippen LogP contribution in [-0.2, 0) is 4.79 Å². The molecule has 2 aromatic rings. The van der Waals surface area contributed by atoms with Crippen molar-refractivity contribution in [3.63, 3.8) is 0 Å². The molecule has 1 amide bonds. The summed E-state index contributed by atoms with van der Waals surface area (Å²) < 4.78 is 12.6. The number of carbonyl (C=O) groups is 1. The summed E-state index contributed by atoms with van der Waals surface area (Å²) in [6.07, 6.45) is 3.19. The Kier molecular flexibility index (Phi) is 3.67. The average Bonchev–Trinajstić information content (AvgIpc) is 2.83. The predicted molar refractivity (Wildman–Crippen MR) is 68.4 cm³/mol. The summed E-state index contributed by atoms with van der Waals surface area (Å²) in [7, 11) is 0. The van der Waals surface area contributed by atoms with Gasteiger partial charge in [0.15, 0.2) is 0 Å². The summed E-state index contributed by atoms with van der Waals surface area (Å²) in [5.41, 5.74) is 0.576. The lowest BCUT2D eigenvalue weighted by atomic mass is 10.3. The van der Waals surface area contributed by atoms with Gasteiger partial charge in [-0.25, -0.2) is 4.39 Å². The van der Waals surface area contributed by atoms with Gasteiger partial charge in [0.05, 0.1) is 0 Å². The fourth-order valence-corrected chi connectivity index (χ4v) is 1.88. The lowest BCUT2D eigenvalue weighted by molar-refractivity contribution is -0.111. The highest BCUT2D eigenvalue weighted by molar-refractivity contribution is 7.10. The summed E-state index contributed by atoms with van der Waals surface area (Å²) in [5.74, 6) is -0.554. The Labute approximate surface area is 102 Å². The van der Waals surface area contributed by atoms with Crippen LogP contribution in [0.15, 0.2) is 47.9 Å². The molecule has 0 aliphatic carbocycles. The number of hydrogen-bond acceptors (Lipinski definition) is 2. The number of hydrogen-bond donors (Lipinski definition) is 1. The standard InChI is InChI=1S/C13H10FNOS/c14-10-3-5-11(6-4-10)15-13(16)8-7-12-2-1-9-17-12/h1-9H,(H,15,16). The Hall–Kier alpha value is -1.94. The minimum absolute atomic E-state index is 0.231. The van der Waals surface area contributed by atoms with Gasteiger partial charge in [0.25, 0.3) is 0 Å². The molecule has 0 radical (unpaired) electrons. The van der Waals surface area contributed by atoms with E-state index in [-0.39, 0.29) is 11.7 Å². The normalized spacial score (nSPS) is 10.6. The van der Waals surface area contributed by atoms with Crippen LogP contribution in [-0.4, -0.2) is 5.91 Å². The van der Waals surface area contributed by atoms with Gasteiger partial charge in [0.1, 0.15) is 5.82 Å². The number of halogens is 1. The van der Waals surface area contributed by atoms with Gasteiger partial charge in [0, 0.05) is 16.6 Å². The highest BCUT2D eigenvalue weighted by Gasteiger charge is 1.98. The van der Waals surface area contributed by atoms with E-state index in [1.807, 2.05) is 17.5 Å². The zero-order valence-electron chi connectivity index (χ0n) is 8.89. The third-order valence-corrected chi connectivity index (χ3v) is 2.89. The molecule has 2 rings (SSSR count). The molecule has 1 heterocycles. The van der Waals surface area contributed by atoms with Gasteiger partial charge in [-0.2, -0.15) is 0 Å². The Bertz CT molecular complexity index is 517. The predicted octanol–water partition coefficient (Wildman–Crippen LogP) is 3.54. The summed E-state index contributed by atoms with van der Waals surface area (Å²) in [5, 5.41) is 4.59. The number of amides is 1. The first-order valence-electron chi connectivity index (χ1n) is 5.02. The van der Waals surface area contributed by atoms with Crippen LogP contribution in [0.5, 0.6) is 0 Å². The molecule has 17 heavy (non-hydrogen) atoms. The minimum Gasteiger partial charge on any atom is -0.323 e. The van der Waals surface area contributed by atoms with Crippen molar-refractivity contribution in [1.82, 2.24) is 0 Å². The van der Waals surface area contributed by atoms with Crippen LogP contribution >= 0.6 is 11.3 Å². The maximum Gasteiger partial charge on any atom is 0.248 e. The van der Waals surface area contributed by atoms with Crippen molar-refractivity contribution in [1.29, 1.82) is 0 Å². The second kappa shape index (κ2) is 5.41. The minimum atomic E-state index is -0.322. The van der Waals surface area contributed by atoms with E-state index in [1.54, 1.807) is 17.4 Å². The SMILES string of the molecule is O=C(C=Cc1cccs1)Nc1ccc(F)cc1. The maximum absolute atomic E-state index is 12.6. The number of anilines is 1. The van der Waals surface area contributed by atoms with E-state index in [2.05, 4.69) is 5.32 Å². The van der Waals surface area contributed by atoms with Crippen molar-refractivity contribution >= 4 is 29.0 Å². The molecule has 0 saturated carbocycles. The van der Waals surface area contributed by atoms with Gasteiger partial charge < -0.3 is 5.32 Å². The van der Waals surface area contributed by atoms with Crippen LogP contribution in [0.1, 0.15) is 4.88 Å². The quantitative estimate of drug-likeness (QED) is 0.826. The van der Waals surface area contributed by atoms with Crippen molar-refractivity contribution in [3.8, 4) is 0 Å². The van der Waals surface area contributed by atoms with Crippen LogP contribution in [0.2, 0.25) is 0 Å². The van der Waals surface area contributed by atoms with Gasteiger partial charge in [-0.3, -0.25) is 4.79 Å². The zero-order valence-corrected chi connectivity index (χ0v) is 9.71. The molecular weight excluding hydrogens is 237 g/mol. The maximum atomic E-state index is 12.6. The zero-order chi connectivity index (χ0) is 12.1. The summed E-state index contributed by atoms with van der Waals surface area (Å²) >= 11 is 1.56. The lowest BCUT2D eigenvalue weighted by Crippen LogP contribution is -2.07. The van der Waals surface area contributed by atoms with Crippen molar-refractivity contribution in [2.75, 3.05) is 5.32 Å². The first kappa shape index (κ1) is 11.5. The Morgan fingerprint density at radius 2 is 2.00 bits per heavy atom. The van der Waals surface area contributed by atoms with E-state index in [9.17, 15) is 9.18 Å². The average molecular weight is 247 g/mol. The molecule has 86 valence electrons. The number of thiophene rings is 1. The van der Waals surface area contributed by atoms with E-state index < -0.39 is 0 Å². The van der Waals surface area contributed by atoms with Crippen molar-refractivity contribution in [2.24, 2.45) is 0 Å². The monoisotopic (exact) mass is 247 g/mol. The fourth-order valence-electron chi connectivity index (χ4n) is 1.26. The molecule has 1 N–H and O–H groups in total. The molecule has 0 atom stereocenters. The van der Waals surface area contributed by atoms with Crippen LogP contribution < -0.4 is 5.32 Å². The third kappa shape index (κ3) is 3.53. The molecule has 1 aromatic heterocycles. The van der Waals surface area contributed by atoms with Crippen LogP contribution in [0.4, 0.5) is 10.1 Å². The first-order chi connectivity index (χ1) is 8.24. The van der Waals surface area contributed by atoms with Gasteiger partial charge >= 0.3 is 0 Å². The van der Waals surface area contributed by atoms with Gasteiger partial charge in [0.2, 0.25) is 5.91 Å². The Morgan fingerprint density at radius 3 is 2.65 bits per heavy atom. The summed E-state index contributed by atoms with van der Waals surface area (Å²) in [4.78, 5) is 12.5. The van der Waals surface area contributed by atoms with Gasteiger partial charge in [-0.1, -0.05) is 6.07 Å². The van der Waals surface area contributed by atoms with E-state index >= 15 is 0 Å². The first-order valence-corrected chi connectivity index (χ1v) is 5.90. The van der Waals surface area contributed by atoms with Crippen LogP contribution in [0.25, 0.3) is 6.08 Å². The second-order valence-electron chi connectivity index (χ2n) is 3.34. The Balaban J connectivity index is 1.95. The molecular formula is C13H10FNOS. The molecule has 0 fully saturated rings. The summed E-state index contributed by atoms with van der Waals surface area (Å²) in [6, 6.07) is 9.49. The van der Waals surface area contributed by atoms with E-state index in [4.69, 9.17) is 0 Å². The number of benzene rings is 1. The van der Waals surface area contributed by atoms with Gasteiger partial charge in [-0.15, -0.1) is 11.3 Å². The molecule has 0 bridgehead atoms. The molecule has 0 aliphatic heterocycles. The van der Waals surface area contributed by atoms with Crippen LogP contribution in [0.3, 0.4) is 0 Å². The van der Waals surface area contributed by atoms with E-state index in [1.165, 1.54) is 30.3 Å². The number of carbonyl (C=O) groups excluding carboxylic acids is 1. The molecule has 0 saturated heterocycles. The van der Waals surface area contributed by atoms with Gasteiger partial charge in [-0.05, 0) is 41.8 Å².